The van der Waals surface area contributed by atoms with E-state index >= 15 is 0 Å². The normalized spacial score (nSPS) is 19.2. The van der Waals surface area contributed by atoms with Crippen molar-refractivity contribution < 1.29 is 9.53 Å². The summed E-state index contributed by atoms with van der Waals surface area (Å²) in [6.07, 6.45) is 1.02. The second kappa shape index (κ2) is 4.16. The molecule has 3 nitrogen and oxygen atoms in total. The molecular weight excluding hydrogens is 202 g/mol. The molecule has 0 saturated heterocycles. The van der Waals surface area contributed by atoms with Gasteiger partial charge in [0.25, 0.3) is 5.91 Å². The van der Waals surface area contributed by atoms with Crippen molar-refractivity contribution in [3.05, 3.63) is 29.3 Å². The molecule has 1 aliphatic heterocycles. The molecule has 0 bridgehead atoms. The number of carbonyl (C=O) groups is 1. The highest BCUT2D eigenvalue weighted by atomic mass is 16.5. The van der Waals surface area contributed by atoms with Crippen LogP contribution in [0.1, 0.15) is 36.7 Å². The van der Waals surface area contributed by atoms with Gasteiger partial charge in [0.1, 0.15) is 5.75 Å². The van der Waals surface area contributed by atoms with Crippen molar-refractivity contribution >= 4 is 5.91 Å². The molecular formula is C13H17NO2. The number of hydrogen-bond acceptors (Lipinski definition) is 2. The first-order chi connectivity index (χ1) is 7.56. The zero-order valence-corrected chi connectivity index (χ0v) is 9.91. The highest BCUT2D eigenvalue weighted by Crippen LogP contribution is 2.23. The van der Waals surface area contributed by atoms with Crippen LogP contribution in [0.5, 0.6) is 5.75 Å². The topological polar surface area (TPSA) is 38.3 Å². The molecule has 1 N–H and O–H groups in total. The Hall–Kier alpha value is -1.51. The summed E-state index contributed by atoms with van der Waals surface area (Å²) in [4.78, 5) is 11.8. The van der Waals surface area contributed by atoms with E-state index in [2.05, 4.69) is 5.32 Å². The number of ether oxygens (including phenoxy) is 1. The van der Waals surface area contributed by atoms with Crippen LogP contribution in [-0.2, 0) is 6.42 Å². The first kappa shape index (κ1) is 11.0. The number of amides is 1. The average molecular weight is 219 g/mol. The smallest absolute Gasteiger partial charge is 0.251 e. The molecule has 16 heavy (non-hydrogen) atoms. The van der Waals surface area contributed by atoms with E-state index in [9.17, 15) is 4.79 Å². The van der Waals surface area contributed by atoms with Crippen molar-refractivity contribution in [2.24, 2.45) is 0 Å². The van der Waals surface area contributed by atoms with Crippen molar-refractivity contribution in [2.75, 3.05) is 0 Å². The van der Waals surface area contributed by atoms with Gasteiger partial charge in [-0.1, -0.05) is 6.07 Å². The number of rotatable bonds is 2. The van der Waals surface area contributed by atoms with Gasteiger partial charge >= 0.3 is 0 Å². The molecule has 1 aliphatic rings. The minimum Gasteiger partial charge on any atom is -0.491 e. The van der Waals surface area contributed by atoms with Gasteiger partial charge in [-0.05, 0) is 44.9 Å². The van der Waals surface area contributed by atoms with Crippen LogP contribution in [0, 0.1) is 0 Å². The van der Waals surface area contributed by atoms with Crippen LogP contribution in [0.4, 0.5) is 0 Å². The zero-order chi connectivity index (χ0) is 11.7. The molecule has 0 spiro atoms. The van der Waals surface area contributed by atoms with Gasteiger partial charge in [0.15, 0.2) is 0 Å². The molecule has 1 unspecified atom stereocenters. The van der Waals surface area contributed by atoms with E-state index in [-0.39, 0.29) is 18.1 Å². The number of benzene rings is 1. The fourth-order valence-corrected chi connectivity index (χ4v) is 1.97. The molecule has 0 saturated carbocycles. The fraction of sp³-hybridized carbons (Fsp3) is 0.462. The SMILES string of the molecule is CC1Cc2ccc(OC(C)C)cc2C(=O)N1. The minimum absolute atomic E-state index is 0.00274. The average Bonchev–Trinajstić information content (AvgIpc) is 2.18. The Morgan fingerprint density at radius 2 is 2.19 bits per heavy atom. The number of carbonyl (C=O) groups excluding carboxylic acids is 1. The Bertz CT molecular complexity index is 412. The van der Waals surface area contributed by atoms with Crippen LogP contribution in [0.25, 0.3) is 0 Å². The monoisotopic (exact) mass is 219 g/mol. The van der Waals surface area contributed by atoms with Crippen molar-refractivity contribution in [3.8, 4) is 5.75 Å². The summed E-state index contributed by atoms with van der Waals surface area (Å²) in [6.45, 7) is 5.96. The lowest BCUT2D eigenvalue weighted by Crippen LogP contribution is -2.39. The van der Waals surface area contributed by atoms with E-state index in [1.807, 2.05) is 39.0 Å². The summed E-state index contributed by atoms with van der Waals surface area (Å²) >= 11 is 0. The summed E-state index contributed by atoms with van der Waals surface area (Å²) in [6, 6.07) is 5.97. The van der Waals surface area contributed by atoms with E-state index < -0.39 is 0 Å². The van der Waals surface area contributed by atoms with Crippen LogP contribution >= 0.6 is 0 Å². The van der Waals surface area contributed by atoms with Crippen LogP contribution in [0.2, 0.25) is 0 Å². The summed E-state index contributed by atoms with van der Waals surface area (Å²) < 4.78 is 5.58. The largest absolute Gasteiger partial charge is 0.491 e. The standard InChI is InChI=1S/C13H17NO2/c1-8(2)16-11-5-4-10-6-9(3)14-13(15)12(10)7-11/h4-5,7-9H,6H2,1-3H3,(H,14,15). The predicted octanol–water partition coefficient (Wildman–Crippen LogP) is 2.15. The molecule has 1 atom stereocenters. The quantitative estimate of drug-likeness (QED) is 0.827. The molecule has 1 aromatic rings. The summed E-state index contributed by atoms with van der Waals surface area (Å²) in [5, 5.41) is 2.92. The molecule has 0 aromatic heterocycles. The van der Waals surface area contributed by atoms with E-state index in [4.69, 9.17) is 4.74 Å². The maximum atomic E-state index is 11.8. The van der Waals surface area contributed by atoms with Gasteiger partial charge in [-0.15, -0.1) is 0 Å². The van der Waals surface area contributed by atoms with Gasteiger partial charge in [-0.2, -0.15) is 0 Å². The molecule has 1 amide bonds. The Morgan fingerprint density at radius 3 is 2.88 bits per heavy atom. The Labute approximate surface area is 95.8 Å². The third kappa shape index (κ3) is 2.18. The molecule has 0 radical (unpaired) electrons. The van der Waals surface area contributed by atoms with Crippen molar-refractivity contribution in [1.29, 1.82) is 0 Å². The lowest BCUT2D eigenvalue weighted by atomic mass is 9.96. The lowest BCUT2D eigenvalue weighted by Gasteiger charge is -2.23. The molecule has 1 heterocycles. The van der Waals surface area contributed by atoms with E-state index in [0.29, 0.717) is 0 Å². The predicted molar refractivity (Wildman–Crippen MR) is 62.8 cm³/mol. The van der Waals surface area contributed by atoms with Crippen LogP contribution in [-0.4, -0.2) is 18.1 Å². The number of hydrogen-bond donors (Lipinski definition) is 1. The Balaban J connectivity index is 2.31. The van der Waals surface area contributed by atoms with Crippen molar-refractivity contribution in [3.63, 3.8) is 0 Å². The molecule has 0 fully saturated rings. The Morgan fingerprint density at radius 1 is 1.44 bits per heavy atom. The molecule has 1 aromatic carbocycles. The van der Waals surface area contributed by atoms with Gasteiger partial charge in [0.05, 0.1) is 6.10 Å². The maximum Gasteiger partial charge on any atom is 0.251 e. The summed E-state index contributed by atoms with van der Waals surface area (Å²) in [5.74, 6) is 0.765. The third-order valence-corrected chi connectivity index (χ3v) is 2.60. The van der Waals surface area contributed by atoms with Gasteiger partial charge in [0, 0.05) is 11.6 Å². The first-order valence-electron chi connectivity index (χ1n) is 5.66. The lowest BCUT2D eigenvalue weighted by molar-refractivity contribution is 0.0928. The van der Waals surface area contributed by atoms with Gasteiger partial charge in [-0.25, -0.2) is 0 Å². The fourth-order valence-electron chi connectivity index (χ4n) is 1.97. The Kier molecular flexibility index (Phi) is 2.86. The molecule has 86 valence electrons. The van der Waals surface area contributed by atoms with Crippen LogP contribution < -0.4 is 10.1 Å². The molecule has 0 aliphatic carbocycles. The molecule has 2 rings (SSSR count). The van der Waals surface area contributed by atoms with E-state index in [1.54, 1.807) is 0 Å². The maximum absolute atomic E-state index is 11.8. The van der Waals surface area contributed by atoms with Crippen LogP contribution in [0.3, 0.4) is 0 Å². The van der Waals surface area contributed by atoms with Crippen molar-refractivity contribution in [2.45, 2.75) is 39.3 Å². The number of fused-ring (bicyclic) bond motifs is 1. The first-order valence-corrected chi connectivity index (χ1v) is 5.66. The third-order valence-electron chi connectivity index (χ3n) is 2.60. The van der Waals surface area contributed by atoms with Gasteiger partial charge in [-0.3, -0.25) is 4.79 Å². The van der Waals surface area contributed by atoms with Gasteiger partial charge in [0.2, 0.25) is 0 Å². The second-order valence-electron chi connectivity index (χ2n) is 4.56. The van der Waals surface area contributed by atoms with Crippen molar-refractivity contribution in [1.82, 2.24) is 5.32 Å². The highest BCUT2D eigenvalue weighted by Gasteiger charge is 2.21. The van der Waals surface area contributed by atoms with Gasteiger partial charge < -0.3 is 10.1 Å². The minimum atomic E-state index is 0.00274. The molecule has 3 heteroatoms. The summed E-state index contributed by atoms with van der Waals surface area (Å²) in [5.41, 5.74) is 1.85. The van der Waals surface area contributed by atoms with E-state index in [0.717, 1.165) is 23.3 Å². The highest BCUT2D eigenvalue weighted by molar-refractivity contribution is 5.97. The number of nitrogens with one attached hydrogen (secondary N) is 1. The zero-order valence-electron chi connectivity index (χ0n) is 9.91. The van der Waals surface area contributed by atoms with Crippen LogP contribution in [0.15, 0.2) is 18.2 Å². The second-order valence-corrected chi connectivity index (χ2v) is 4.56. The van der Waals surface area contributed by atoms with E-state index in [1.165, 1.54) is 0 Å². The summed E-state index contributed by atoms with van der Waals surface area (Å²) in [7, 11) is 0.